The number of amides is 1. The van der Waals surface area contributed by atoms with Gasteiger partial charge in [0.15, 0.2) is 0 Å². The molecule has 4 heteroatoms. The van der Waals surface area contributed by atoms with Crippen LogP contribution in [0.4, 0.5) is 0 Å². The van der Waals surface area contributed by atoms with Gasteiger partial charge >= 0.3 is 0 Å². The lowest BCUT2D eigenvalue weighted by Gasteiger charge is -2.54. The number of hydrogen-bond donors (Lipinski definition) is 2. The Morgan fingerprint density at radius 2 is 2.05 bits per heavy atom. The summed E-state index contributed by atoms with van der Waals surface area (Å²) in [4.78, 5) is 11.8. The second-order valence-corrected chi connectivity index (χ2v) is 6.44. The van der Waals surface area contributed by atoms with E-state index in [1.165, 1.54) is 0 Å². The fraction of sp³-hybridized carbons (Fsp3) is 0.933. The monoisotopic (exact) mass is 270 g/mol. The van der Waals surface area contributed by atoms with Gasteiger partial charge in [0, 0.05) is 31.7 Å². The van der Waals surface area contributed by atoms with Crippen LogP contribution in [0.25, 0.3) is 0 Å². The van der Waals surface area contributed by atoms with E-state index in [1.807, 2.05) is 20.8 Å². The van der Waals surface area contributed by atoms with Crippen LogP contribution in [0.2, 0.25) is 0 Å². The van der Waals surface area contributed by atoms with Gasteiger partial charge < -0.3 is 15.4 Å². The van der Waals surface area contributed by atoms with Crippen LogP contribution >= 0.6 is 0 Å². The van der Waals surface area contributed by atoms with E-state index < -0.39 is 0 Å². The number of carbonyl (C=O) groups excluding carboxylic acids is 1. The molecule has 0 aromatic heterocycles. The SMILES string of the molecule is CCOC1CC(NCC(C)(C)C(=O)NC)C1(C)CC. The van der Waals surface area contributed by atoms with Gasteiger partial charge in [0.2, 0.25) is 5.91 Å². The molecule has 3 atom stereocenters. The van der Waals surface area contributed by atoms with Crippen LogP contribution in [-0.2, 0) is 9.53 Å². The third kappa shape index (κ3) is 3.29. The van der Waals surface area contributed by atoms with Gasteiger partial charge in [-0.25, -0.2) is 0 Å². The lowest BCUT2D eigenvalue weighted by Crippen LogP contribution is -2.63. The molecule has 1 aliphatic rings. The molecule has 0 saturated heterocycles. The Balaban J connectivity index is 2.53. The number of carbonyl (C=O) groups is 1. The maximum atomic E-state index is 11.8. The predicted octanol–water partition coefficient (Wildman–Crippen LogP) is 1.94. The molecule has 0 spiro atoms. The summed E-state index contributed by atoms with van der Waals surface area (Å²) in [6, 6.07) is 0.443. The molecule has 0 heterocycles. The minimum absolute atomic E-state index is 0.0823. The molecule has 19 heavy (non-hydrogen) atoms. The van der Waals surface area contributed by atoms with Crippen LogP contribution in [0.3, 0.4) is 0 Å². The Hall–Kier alpha value is -0.610. The molecule has 0 aliphatic heterocycles. The van der Waals surface area contributed by atoms with Crippen molar-refractivity contribution in [2.24, 2.45) is 10.8 Å². The Labute approximate surface area is 117 Å². The van der Waals surface area contributed by atoms with E-state index in [4.69, 9.17) is 4.74 Å². The van der Waals surface area contributed by atoms with Crippen molar-refractivity contribution >= 4 is 5.91 Å². The van der Waals surface area contributed by atoms with Crippen molar-refractivity contribution < 1.29 is 9.53 Å². The van der Waals surface area contributed by atoms with Gasteiger partial charge in [0.05, 0.1) is 11.5 Å². The van der Waals surface area contributed by atoms with Crippen molar-refractivity contribution in [2.45, 2.75) is 59.6 Å². The fourth-order valence-electron chi connectivity index (χ4n) is 2.86. The van der Waals surface area contributed by atoms with Crippen LogP contribution in [0.15, 0.2) is 0 Å². The summed E-state index contributed by atoms with van der Waals surface area (Å²) in [6.07, 6.45) is 2.49. The number of nitrogens with one attached hydrogen (secondary N) is 2. The summed E-state index contributed by atoms with van der Waals surface area (Å²) in [5, 5.41) is 6.29. The summed E-state index contributed by atoms with van der Waals surface area (Å²) in [5.41, 5.74) is -0.186. The molecule has 1 fully saturated rings. The summed E-state index contributed by atoms with van der Waals surface area (Å²) >= 11 is 0. The fourth-order valence-corrected chi connectivity index (χ4v) is 2.86. The van der Waals surface area contributed by atoms with Crippen molar-refractivity contribution in [1.29, 1.82) is 0 Å². The number of hydrogen-bond acceptors (Lipinski definition) is 3. The second kappa shape index (κ2) is 6.23. The van der Waals surface area contributed by atoms with Crippen molar-refractivity contribution in [1.82, 2.24) is 10.6 Å². The smallest absolute Gasteiger partial charge is 0.226 e. The van der Waals surface area contributed by atoms with E-state index >= 15 is 0 Å². The summed E-state index contributed by atoms with van der Waals surface area (Å²) in [7, 11) is 1.69. The van der Waals surface area contributed by atoms with Crippen molar-refractivity contribution in [3.05, 3.63) is 0 Å². The topological polar surface area (TPSA) is 50.4 Å². The molecule has 1 saturated carbocycles. The molecule has 0 radical (unpaired) electrons. The maximum absolute atomic E-state index is 11.8. The van der Waals surface area contributed by atoms with Crippen LogP contribution in [0, 0.1) is 10.8 Å². The van der Waals surface area contributed by atoms with E-state index in [0.717, 1.165) is 19.4 Å². The molecule has 4 nitrogen and oxygen atoms in total. The first-order chi connectivity index (χ1) is 8.81. The van der Waals surface area contributed by atoms with Gasteiger partial charge in [0.1, 0.15) is 0 Å². The lowest BCUT2D eigenvalue weighted by atomic mass is 9.61. The lowest BCUT2D eigenvalue weighted by molar-refractivity contribution is -0.134. The zero-order valence-corrected chi connectivity index (χ0v) is 13.3. The molecule has 1 rings (SSSR count). The second-order valence-electron chi connectivity index (χ2n) is 6.44. The van der Waals surface area contributed by atoms with Crippen LogP contribution in [0.1, 0.15) is 47.5 Å². The minimum atomic E-state index is -0.375. The molecule has 0 aromatic carbocycles. The maximum Gasteiger partial charge on any atom is 0.226 e. The summed E-state index contributed by atoms with van der Waals surface area (Å²) in [5.74, 6) is 0.0823. The Kier molecular flexibility index (Phi) is 5.39. The standard InChI is InChI=1S/C15H30N2O2/c1-7-15(5)11(9-12(15)19-8-2)17-10-14(3,4)13(18)16-6/h11-12,17H,7-10H2,1-6H3,(H,16,18). The minimum Gasteiger partial charge on any atom is -0.378 e. The summed E-state index contributed by atoms with van der Waals surface area (Å²) in [6.45, 7) is 12.0. The molecule has 3 unspecified atom stereocenters. The normalized spacial score (nSPS) is 30.8. The molecular formula is C15H30N2O2. The van der Waals surface area contributed by atoms with E-state index in [0.29, 0.717) is 18.7 Å². The molecule has 112 valence electrons. The highest BCUT2D eigenvalue weighted by Crippen LogP contribution is 2.46. The van der Waals surface area contributed by atoms with Gasteiger partial charge in [-0.3, -0.25) is 4.79 Å². The molecular weight excluding hydrogens is 240 g/mol. The van der Waals surface area contributed by atoms with Crippen LogP contribution in [0.5, 0.6) is 0 Å². The number of ether oxygens (including phenoxy) is 1. The molecule has 0 aromatic rings. The Bertz CT molecular complexity index is 317. The largest absolute Gasteiger partial charge is 0.378 e. The van der Waals surface area contributed by atoms with E-state index in [9.17, 15) is 4.79 Å². The van der Waals surface area contributed by atoms with E-state index in [-0.39, 0.29) is 16.7 Å². The predicted molar refractivity (Wildman–Crippen MR) is 78.1 cm³/mol. The zero-order valence-electron chi connectivity index (χ0n) is 13.3. The first-order valence-corrected chi connectivity index (χ1v) is 7.39. The van der Waals surface area contributed by atoms with Crippen molar-refractivity contribution in [2.75, 3.05) is 20.2 Å². The highest BCUT2D eigenvalue weighted by Gasteiger charge is 2.51. The third-order valence-corrected chi connectivity index (χ3v) is 4.74. The highest BCUT2D eigenvalue weighted by atomic mass is 16.5. The number of rotatable bonds is 7. The zero-order chi connectivity index (χ0) is 14.7. The van der Waals surface area contributed by atoms with Gasteiger partial charge in [0.25, 0.3) is 0 Å². The van der Waals surface area contributed by atoms with Gasteiger partial charge in [-0.1, -0.05) is 13.8 Å². The van der Waals surface area contributed by atoms with Crippen LogP contribution < -0.4 is 10.6 Å². The van der Waals surface area contributed by atoms with Crippen molar-refractivity contribution in [3.8, 4) is 0 Å². The van der Waals surface area contributed by atoms with Crippen LogP contribution in [-0.4, -0.2) is 38.3 Å². The van der Waals surface area contributed by atoms with Gasteiger partial charge in [-0.15, -0.1) is 0 Å². The first kappa shape index (κ1) is 16.4. The average Bonchev–Trinajstić information content (AvgIpc) is 2.39. The Morgan fingerprint density at radius 1 is 1.42 bits per heavy atom. The molecule has 1 amide bonds. The van der Waals surface area contributed by atoms with Gasteiger partial charge in [-0.05, 0) is 33.6 Å². The molecule has 2 N–H and O–H groups in total. The highest BCUT2D eigenvalue weighted by molar-refractivity contribution is 5.81. The quantitative estimate of drug-likeness (QED) is 0.743. The van der Waals surface area contributed by atoms with E-state index in [2.05, 4.69) is 24.5 Å². The molecule has 1 aliphatic carbocycles. The van der Waals surface area contributed by atoms with Crippen molar-refractivity contribution in [3.63, 3.8) is 0 Å². The Morgan fingerprint density at radius 3 is 2.53 bits per heavy atom. The molecule has 0 bridgehead atoms. The van der Waals surface area contributed by atoms with E-state index in [1.54, 1.807) is 7.05 Å². The average molecular weight is 270 g/mol. The third-order valence-electron chi connectivity index (χ3n) is 4.74. The van der Waals surface area contributed by atoms with Gasteiger partial charge in [-0.2, -0.15) is 0 Å². The summed E-state index contributed by atoms with van der Waals surface area (Å²) < 4.78 is 5.80. The first-order valence-electron chi connectivity index (χ1n) is 7.39.